The van der Waals surface area contributed by atoms with Crippen LogP contribution >= 0.6 is 0 Å². The first-order valence-electron chi connectivity index (χ1n) is 8.69. The number of anilines is 1. The Hall–Kier alpha value is -3.79. The van der Waals surface area contributed by atoms with Crippen LogP contribution in [0.3, 0.4) is 0 Å². The monoisotopic (exact) mass is 427 g/mol. The summed E-state index contributed by atoms with van der Waals surface area (Å²) in [7, 11) is -4.05. The number of nitro groups is 1. The van der Waals surface area contributed by atoms with Gasteiger partial charge in [0.05, 0.1) is 4.92 Å². The van der Waals surface area contributed by atoms with Crippen molar-refractivity contribution < 1.29 is 22.3 Å². The van der Waals surface area contributed by atoms with Crippen molar-refractivity contribution in [2.45, 2.75) is 18.7 Å². The third-order valence-corrected chi connectivity index (χ3v) is 5.57. The van der Waals surface area contributed by atoms with Crippen LogP contribution in [0.25, 0.3) is 0 Å². The van der Waals surface area contributed by atoms with Crippen molar-refractivity contribution in [3.05, 3.63) is 87.7 Å². The molecule has 10 heteroatoms. The average Bonchev–Trinajstić information content (AvgIpc) is 2.70. The van der Waals surface area contributed by atoms with E-state index in [0.29, 0.717) is 5.56 Å². The molecule has 0 saturated heterocycles. The van der Waals surface area contributed by atoms with Crippen LogP contribution in [0.2, 0.25) is 0 Å². The van der Waals surface area contributed by atoms with Crippen molar-refractivity contribution in [1.29, 1.82) is 0 Å². The number of aromatic nitrogens is 1. The minimum atomic E-state index is -4.05. The molecular formula is C20H17N3O6S. The lowest BCUT2D eigenvalue weighted by atomic mass is 10.2. The fraction of sp³-hybridized carbons (Fsp3) is 0.100. The smallest absolute Gasteiger partial charge is 0.339 e. The van der Waals surface area contributed by atoms with Crippen LogP contribution in [0, 0.1) is 24.0 Å². The van der Waals surface area contributed by atoms with E-state index in [1.807, 2.05) is 0 Å². The van der Waals surface area contributed by atoms with E-state index in [2.05, 4.69) is 10.3 Å². The Labute approximate surface area is 172 Å². The van der Waals surface area contributed by atoms with Crippen LogP contribution in [0.15, 0.2) is 65.8 Å². The van der Waals surface area contributed by atoms with Gasteiger partial charge in [0.2, 0.25) is 0 Å². The molecule has 0 aliphatic heterocycles. The van der Waals surface area contributed by atoms with E-state index < -0.39 is 20.9 Å². The Morgan fingerprint density at radius 3 is 2.47 bits per heavy atom. The van der Waals surface area contributed by atoms with Crippen LogP contribution in [-0.4, -0.2) is 24.2 Å². The summed E-state index contributed by atoms with van der Waals surface area (Å²) < 4.78 is 30.3. The molecule has 1 amide bonds. The van der Waals surface area contributed by atoms with Crippen LogP contribution in [0.1, 0.15) is 21.5 Å². The van der Waals surface area contributed by atoms with E-state index in [9.17, 15) is 23.3 Å². The number of nitrogens with one attached hydrogen (secondary N) is 1. The van der Waals surface area contributed by atoms with Crippen LogP contribution in [-0.2, 0) is 10.1 Å². The van der Waals surface area contributed by atoms with Gasteiger partial charge < -0.3 is 9.50 Å². The molecule has 1 aromatic heterocycles. The van der Waals surface area contributed by atoms with Gasteiger partial charge in [-0.05, 0) is 61.4 Å². The van der Waals surface area contributed by atoms with Crippen LogP contribution in [0.5, 0.6) is 5.75 Å². The minimum absolute atomic E-state index is 0.00201. The molecule has 3 rings (SSSR count). The quantitative estimate of drug-likeness (QED) is 0.361. The largest absolute Gasteiger partial charge is 0.379 e. The van der Waals surface area contributed by atoms with Gasteiger partial charge >= 0.3 is 15.8 Å². The third-order valence-electron chi connectivity index (χ3n) is 4.18. The molecule has 30 heavy (non-hydrogen) atoms. The van der Waals surface area contributed by atoms with Crippen molar-refractivity contribution in [3.63, 3.8) is 0 Å². The van der Waals surface area contributed by atoms with Crippen molar-refractivity contribution >= 4 is 27.4 Å². The van der Waals surface area contributed by atoms with Gasteiger partial charge in [-0.2, -0.15) is 8.42 Å². The molecule has 0 aliphatic rings. The average molecular weight is 427 g/mol. The van der Waals surface area contributed by atoms with Gasteiger partial charge in [0, 0.05) is 11.8 Å². The fourth-order valence-electron chi connectivity index (χ4n) is 2.64. The zero-order valence-electron chi connectivity index (χ0n) is 16.0. The van der Waals surface area contributed by atoms with E-state index in [1.165, 1.54) is 42.6 Å². The van der Waals surface area contributed by atoms with Gasteiger partial charge in [-0.1, -0.05) is 12.1 Å². The number of aryl methyl sites for hydroxylation is 2. The summed E-state index contributed by atoms with van der Waals surface area (Å²) in [6.07, 6.45) is 2.35. The summed E-state index contributed by atoms with van der Waals surface area (Å²) in [5, 5.41) is 13.5. The molecule has 9 nitrogen and oxygen atoms in total. The number of hydrogen-bond acceptors (Lipinski definition) is 7. The summed E-state index contributed by atoms with van der Waals surface area (Å²) in [4.78, 5) is 26.5. The van der Waals surface area contributed by atoms with Gasteiger partial charge in [-0.25, -0.2) is 0 Å². The van der Waals surface area contributed by atoms with Crippen LogP contribution < -0.4 is 9.50 Å². The Kier molecular flexibility index (Phi) is 5.79. The SMILES string of the molecule is Cc1ccc(C)c(S(=O)(=O)Oc2ccc(C(=O)Nc3ccncc3[N+](=O)[O-])cc2)c1. The Morgan fingerprint density at radius 1 is 1.10 bits per heavy atom. The second-order valence-corrected chi connectivity index (χ2v) is 7.95. The van der Waals surface area contributed by atoms with Gasteiger partial charge in [0.15, 0.2) is 0 Å². The highest BCUT2D eigenvalue weighted by molar-refractivity contribution is 7.87. The van der Waals surface area contributed by atoms with Gasteiger partial charge in [-0.15, -0.1) is 0 Å². The first-order chi connectivity index (χ1) is 14.2. The lowest BCUT2D eigenvalue weighted by Gasteiger charge is -2.11. The van der Waals surface area contributed by atoms with E-state index in [1.54, 1.807) is 26.0 Å². The predicted octanol–water partition coefficient (Wildman–Crippen LogP) is 3.63. The number of benzene rings is 2. The maximum Gasteiger partial charge on any atom is 0.339 e. The molecule has 0 radical (unpaired) electrons. The number of pyridine rings is 1. The number of hydrogen-bond donors (Lipinski definition) is 1. The highest BCUT2D eigenvalue weighted by Crippen LogP contribution is 2.25. The predicted molar refractivity (Wildman–Crippen MR) is 109 cm³/mol. The molecule has 1 heterocycles. The summed E-state index contributed by atoms with van der Waals surface area (Å²) in [6, 6.07) is 11.7. The molecule has 0 atom stereocenters. The first-order valence-corrected chi connectivity index (χ1v) is 10.1. The molecular weight excluding hydrogens is 410 g/mol. The molecule has 0 fully saturated rings. The number of carbonyl (C=O) groups excluding carboxylic acids is 1. The summed E-state index contributed by atoms with van der Waals surface area (Å²) >= 11 is 0. The maximum absolute atomic E-state index is 12.6. The van der Waals surface area contributed by atoms with Gasteiger partial charge in [0.1, 0.15) is 22.5 Å². The lowest BCUT2D eigenvalue weighted by molar-refractivity contribution is -0.384. The molecule has 1 N–H and O–H groups in total. The van der Waals surface area contributed by atoms with E-state index in [0.717, 1.165) is 11.8 Å². The van der Waals surface area contributed by atoms with E-state index in [4.69, 9.17) is 4.18 Å². The Bertz CT molecular complexity index is 1220. The molecule has 2 aromatic carbocycles. The van der Waals surface area contributed by atoms with E-state index >= 15 is 0 Å². The third kappa shape index (κ3) is 4.61. The molecule has 0 unspecified atom stereocenters. The molecule has 0 spiro atoms. The van der Waals surface area contributed by atoms with Crippen molar-refractivity contribution in [1.82, 2.24) is 4.98 Å². The number of nitrogens with zero attached hydrogens (tertiary/aromatic N) is 2. The highest BCUT2D eigenvalue weighted by Gasteiger charge is 2.20. The fourth-order valence-corrected chi connectivity index (χ4v) is 3.89. The van der Waals surface area contributed by atoms with Gasteiger partial charge in [-0.3, -0.25) is 19.9 Å². The summed E-state index contributed by atoms with van der Waals surface area (Å²) in [5.74, 6) is -0.574. The standard InChI is InChI=1S/C20H17N3O6S/c1-13-3-4-14(2)19(11-13)30(27,28)29-16-7-5-15(6-8-16)20(24)22-17-9-10-21-12-18(17)23(25)26/h3-12H,1-2H3,(H,21,22,24). The zero-order chi connectivity index (χ0) is 21.9. The van der Waals surface area contributed by atoms with Crippen LogP contribution in [0.4, 0.5) is 11.4 Å². The number of amides is 1. The molecule has 3 aromatic rings. The maximum atomic E-state index is 12.6. The Balaban J connectivity index is 1.77. The second-order valence-electron chi connectivity index (χ2n) is 6.43. The zero-order valence-corrected chi connectivity index (χ0v) is 16.8. The normalized spacial score (nSPS) is 11.0. The lowest BCUT2D eigenvalue weighted by Crippen LogP contribution is -2.14. The van der Waals surface area contributed by atoms with Crippen molar-refractivity contribution in [2.24, 2.45) is 0 Å². The number of carbonyl (C=O) groups is 1. The summed E-state index contributed by atoms with van der Waals surface area (Å²) in [6.45, 7) is 3.44. The minimum Gasteiger partial charge on any atom is -0.379 e. The van der Waals surface area contributed by atoms with Crippen molar-refractivity contribution in [2.75, 3.05) is 5.32 Å². The van der Waals surface area contributed by atoms with Crippen molar-refractivity contribution in [3.8, 4) is 5.75 Å². The first kappa shape index (κ1) is 20.9. The summed E-state index contributed by atoms with van der Waals surface area (Å²) in [5.41, 5.74) is 1.15. The molecule has 154 valence electrons. The second kappa shape index (κ2) is 8.29. The van der Waals surface area contributed by atoms with Gasteiger partial charge in [0.25, 0.3) is 5.91 Å². The topological polar surface area (TPSA) is 128 Å². The molecule has 0 bridgehead atoms. The molecule has 0 saturated carbocycles. The number of rotatable bonds is 6. The highest BCUT2D eigenvalue weighted by atomic mass is 32.2. The van der Waals surface area contributed by atoms with E-state index in [-0.39, 0.29) is 27.6 Å². The molecule has 0 aliphatic carbocycles. The Morgan fingerprint density at radius 2 is 1.80 bits per heavy atom.